The third kappa shape index (κ3) is 5.60. The molecule has 1 aromatic carbocycles. The Bertz CT molecular complexity index is 729. The van der Waals surface area contributed by atoms with Gasteiger partial charge in [-0.3, -0.25) is 4.79 Å². The van der Waals surface area contributed by atoms with E-state index in [1.165, 1.54) is 17.4 Å². The van der Waals surface area contributed by atoms with Crippen molar-refractivity contribution in [1.29, 1.82) is 0 Å². The highest BCUT2D eigenvalue weighted by Gasteiger charge is 2.28. The lowest BCUT2D eigenvalue weighted by molar-refractivity contribution is -0.139. The number of hydrogen-bond donors (Lipinski definition) is 2. The number of amides is 1. The molecule has 0 saturated heterocycles. The first-order valence-corrected chi connectivity index (χ1v) is 8.37. The van der Waals surface area contributed by atoms with Crippen molar-refractivity contribution in [2.24, 2.45) is 0 Å². The van der Waals surface area contributed by atoms with Crippen LogP contribution >= 0.6 is 11.3 Å². The van der Waals surface area contributed by atoms with Crippen molar-refractivity contribution in [2.45, 2.75) is 31.5 Å². The molecule has 0 aliphatic carbocycles. The maximum absolute atomic E-state index is 12.3. The number of aryl methyl sites for hydroxylation is 1. The molecule has 2 rings (SSSR count). The van der Waals surface area contributed by atoms with Crippen LogP contribution < -0.4 is 5.32 Å². The lowest BCUT2D eigenvalue weighted by Crippen LogP contribution is -2.34. The standard InChI is InChI=1S/C17H16F3NO3S/c18-17(19,20)9-3-6-11-5-1-2-7-12(11)14(16(23)24)21-15(22)13-8-4-10-25-13/h1-2,4-5,7-8,10,14H,3,6,9H2,(H,21,22)(H,23,24). The monoisotopic (exact) mass is 371 g/mol. The number of nitrogens with one attached hydrogen (secondary N) is 1. The van der Waals surface area contributed by atoms with Crippen LogP contribution in [-0.4, -0.2) is 23.2 Å². The van der Waals surface area contributed by atoms with Gasteiger partial charge in [-0.1, -0.05) is 30.3 Å². The molecule has 0 saturated carbocycles. The predicted octanol–water partition coefficient (Wildman–Crippen LogP) is 4.19. The molecule has 134 valence electrons. The smallest absolute Gasteiger partial charge is 0.389 e. The Balaban J connectivity index is 2.17. The fourth-order valence-electron chi connectivity index (χ4n) is 2.41. The number of hydrogen-bond acceptors (Lipinski definition) is 3. The van der Waals surface area contributed by atoms with E-state index >= 15 is 0 Å². The molecule has 0 spiro atoms. The molecule has 1 heterocycles. The zero-order valence-corrected chi connectivity index (χ0v) is 13.9. The Morgan fingerprint density at radius 1 is 1.16 bits per heavy atom. The van der Waals surface area contributed by atoms with Gasteiger partial charge in [0.05, 0.1) is 4.88 Å². The maximum Gasteiger partial charge on any atom is 0.389 e. The van der Waals surface area contributed by atoms with Crippen LogP contribution in [0.2, 0.25) is 0 Å². The van der Waals surface area contributed by atoms with Crippen LogP contribution in [0.3, 0.4) is 0 Å². The molecule has 0 fully saturated rings. The molecule has 0 bridgehead atoms. The highest BCUT2D eigenvalue weighted by molar-refractivity contribution is 7.12. The molecule has 1 atom stereocenters. The van der Waals surface area contributed by atoms with Gasteiger partial charge < -0.3 is 10.4 Å². The minimum atomic E-state index is -4.26. The van der Waals surface area contributed by atoms with Gasteiger partial charge in [-0.05, 0) is 35.4 Å². The normalized spacial score (nSPS) is 12.6. The number of halogens is 3. The zero-order chi connectivity index (χ0) is 18.4. The molecular weight excluding hydrogens is 355 g/mol. The van der Waals surface area contributed by atoms with Crippen LogP contribution in [0.15, 0.2) is 41.8 Å². The number of carboxylic acid groups (broad SMARTS) is 1. The lowest BCUT2D eigenvalue weighted by Gasteiger charge is -2.18. The first-order valence-electron chi connectivity index (χ1n) is 7.49. The number of carbonyl (C=O) groups excluding carboxylic acids is 1. The van der Waals surface area contributed by atoms with Crippen molar-refractivity contribution < 1.29 is 27.9 Å². The summed E-state index contributed by atoms with van der Waals surface area (Å²) in [5.41, 5.74) is 0.771. The summed E-state index contributed by atoms with van der Waals surface area (Å²) >= 11 is 1.17. The number of aliphatic carboxylic acids is 1. The number of alkyl halides is 3. The van der Waals surface area contributed by atoms with Crippen LogP contribution in [0.1, 0.15) is 39.7 Å². The van der Waals surface area contributed by atoms with E-state index in [4.69, 9.17) is 0 Å². The van der Waals surface area contributed by atoms with Gasteiger partial charge in [0.15, 0.2) is 6.04 Å². The topological polar surface area (TPSA) is 66.4 Å². The van der Waals surface area contributed by atoms with Gasteiger partial charge in [0.25, 0.3) is 5.91 Å². The molecule has 2 aromatic rings. The highest BCUT2D eigenvalue weighted by Crippen LogP contribution is 2.25. The second kappa shape index (κ2) is 8.15. The number of thiophene rings is 1. The molecule has 1 amide bonds. The molecule has 2 N–H and O–H groups in total. The van der Waals surface area contributed by atoms with Crippen molar-refractivity contribution in [2.75, 3.05) is 0 Å². The Morgan fingerprint density at radius 3 is 2.48 bits per heavy atom. The highest BCUT2D eigenvalue weighted by atomic mass is 32.1. The summed E-state index contributed by atoms with van der Waals surface area (Å²) in [6.07, 6.45) is -5.27. The average molecular weight is 371 g/mol. The second-order valence-electron chi connectivity index (χ2n) is 5.39. The van der Waals surface area contributed by atoms with E-state index in [1.807, 2.05) is 0 Å². The van der Waals surface area contributed by atoms with E-state index in [1.54, 1.807) is 35.7 Å². The van der Waals surface area contributed by atoms with Gasteiger partial charge in [-0.15, -0.1) is 11.3 Å². The fraction of sp³-hybridized carbons (Fsp3) is 0.294. The van der Waals surface area contributed by atoms with Gasteiger partial charge in [0.2, 0.25) is 0 Å². The summed E-state index contributed by atoms with van der Waals surface area (Å²) in [6, 6.07) is 8.23. The minimum absolute atomic E-state index is 0.0777. The Kier molecular flexibility index (Phi) is 6.19. The summed E-state index contributed by atoms with van der Waals surface area (Å²) in [7, 11) is 0. The van der Waals surface area contributed by atoms with Crippen molar-refractivity contribution in [1.82, 2.24) is 5.32 Å². The molecule has 0 aliphatic heterocycles. The Labute approximate surface area is 146 Å². The summed E-state index contributed by atoms with van der Waals surface area (Å²) in [6.45, 7) is 0. The van der Waals surface area contributed by atoms with Crippen LogP contribution in [0.25, 0.3) is 0 Å². The van der Waals surface area contributed by atoms with Crippen LogP contribution in [-0.2, 0) is 11.2 Å². The van der Waals surface area contributed by atoms with Gasteiger partial charge in [-0.25, -0.2) is 4.79 Å². The van der Waals surface area contributed by atoms with Crippen molar-refractivity contribution in [3.63, 3.8) is 0 Å². The molecule has 25 heavy (non-hydrogen) atoms. The van der Waals surface area contributed by atoms with Crippen LogP contribution in [0.4, 0.5) is 13.2 Å². The number of carbonyl (C=O) groups is 2. The third-order valence-corrected chi connectivity index (χ3v) is 4.41. The predicted molar refractivity (Wildman–Crippen MR) is 87.6 cm³/mol. The fourth-order valence-corrected chi connectivity index (χ4v) is 3.03. The summed E-state index contributed by atoms with van der Waals surface area (Å²) in [5.74, 6) is -1.80. The summed E-state index contributed by atoms with van der Waals surface area (Å²) in [5, 5.41) is 13.6. The van der Waals surface area contributed by atoms with E-state index in [0.717, 1.165) is 0 Å². The van der Waals surface area contributed by atoms with Crippen molar-refractivity contribution in [3.05, 3.63) is 57.8 Å². The Morgan fingerprint density at radius 2 is 1.88 bits per heavy atom. The second-order valence-corrected chi connectivity index (χ2v) is 6.34. The van der Waals surface area contributed by atoms with E-state index in [2.05, 4.69) is 5.32 Å². The Hall–Kier alpha value is -2.35. The van der Waals surface area contributed by atoms with Gasteiger partial charge in [0, 0.05) is 6.42 Å². The third-order valence-electron chi connectivity index (χ3n) is 3.54. The quantitative estimate of drug-likeness (QED) is 0.767. The molecular formula is C17H16F3NO3S. The largest absolute Gasteiger partial charge is 0.479 e. The molecule has 0 radical (unpaired) electrons. The minimum Gasteiger partial charge on any atom is -0.479 e. The molecule has 0 aliphatic rings. The first-order chi connectivity index (χ1) is 11.8. The van der Waals surface area contributed by atoms with Gasteiger partial charge in [0.1, 0.15) is 0 Å². The van der Waals surface area contributed by atoms with Crippen molar-refractivity contribution >= 4 is 23.2 Å². The molecule has 8 heteroatoms. The average Bonchev–Trinajstić information content (AvgIpc) is 3.06. The molecule has 1 aromatic heterocycles. The van der Waals surface area contributed by atoms with Crippen LogP contribution in [0.5, 0.6) is 0 Å². The number of carboxylic acids is 1. The van der Waals surface area contributed by atoms with E-state index in [0.29, 0.717) is 16.0 Å². The number of benzene rings is 1. The van der Waals surface area contributed by atoms with E-state index in [-0.39, 0.29) is 12.8 Å². The zero-order valence-electron chi connectivity index (χ0n) is 13.0. The summed E-state index contributed by atoms with van der Waals surface area (Å²) < 4.78 is 37.0. The van der Waals surface area contributed by atoms with Gasteiger partial charge >= 0.3 is 12.1 Å². The molecule has 1 unspecified atom stereocenters. The molecule has 4 nitrogen and oxygen atoms in total. The van der Waals surface area contributed by atoms with Crippen molar-refractivity contribution in [3.8, 4) is 0 Å². The first kappa shape index (κ1) is 19.0. The lowest BCUT2D eigenvalue weighted by atomic mass is 9.96. The number of rotatable bonds is 7. The van der Waals surface area contributed by atoms with Gasteiger partial charge in [-0.2, -0.15) is 13.2 Å². The van der Waals surface area contributed by atoms with Crippen LogP contribution in [0, 0.1) is 0 Å². The summed E-state index contributed by atoms with van der Waals surface area (Å²) in [4.78, 5) is 24.1. The van der Waals surface area contributed by atoms with E-state index in [9.17, 15) is 27.9 Å². The SMILES string of the molecule is O=C(NC(C(=O)O)c1ccccc1CCCC(F)(F)F)c1cccs1. The van der Waals surface area contributed by atoms with E-state index < -0.39 is 30.5 Å². The maximum atomic E-state index is 12.3.